The summed E-state index contributed by atoms with van der Waals surface area (Å²) in [5.74, 6) is 1.17. The van der Waals surface area contributed by atoms with Crippen LogP contribution < -0.4 is 16.0 Å². The van der Waals surface area contributed by atoms with E-state index in [-0.39, 0.29) is 11.9 Å². The quantitative estimate of drug-likeness (QED) is 0.729. The van der Waals surface area contributed by atoms with Crippen LogP contribution in [-0.2, 0) is 4.79 Å². The second-order valence-electron chi connectivity index (χ2n) is 6.43. The summed E-state index contributed by atoms with van der Waals surface area (Å²) in [6.45, 7) is 6.14. The van der Waals surface area contributed by atoms with E-state index in [0.29, 0.717) is 18.9 Å². The van der Waals surface area contributed by atoms with E-state index in [1.54, 1.807) is 23.7 Å². The number of carbonyl (C=O) groups is 1. The van der Waals surface area contributed by atoms with Crippen LogP contribution in [0.2, 0.25) is 0 Å². The SMILES string of the molecule is Cc1sc2nc(-c3cccnc3)nc(N3CCN[C@H](C(N)=O)C3)c2c1C. The van der Waals surface area contributed by atoms with Crippen LogP contribution in [0.25, 0.3) is 21.6 Å². The van der Waals surface area contributed by atoms with Gasteiger partial charge in [-0.1, -0.05) is 0 Å². The molecule has 1 amide bonds. The fourth-order valence-electron chi connectivity index (χ4n) is 3.21. The number of fused-ring (bicyclic) bond motifs is 1. The van der Waals surface area contributed by atoms with Gasteiger partial charge in [0.25, 0.3) is 0 Å². The maximum Gasteiger partial charge on any atom is 0.236 e. The molecule has 7 nitrogen and oxygen atoms in total. The monoisotopic (exact) mass is 368 g/mol. The molecule has 1 aliphatic rings. The van der Waals surface area contributed by atoms with Crippen LogP contribution in [0.15, 0.2) is 24.5 Å². The molecule has 0 spiro atoms. The Bertz CT molecular complexity index is 971. The summed E-state index contributed by atoms with van der Waals surface area (Å²) in [5.41, 5.74) is 7.57. The van der Waals surface area contributed by atoms with Gasteiger partial charge in [0.05, 0.1) is 5.39 Å². The Morgan fingerprint density at radius 3 is 2.96 bits per heavy atom. The normalized spacial score (nSPS) is 17.6. The number of anilines is 1. The minimum Gasteiger partial charge on any atom is -0.368 e. The van der Waals surface area contributed by atoms with Gasteiger partial charge in [0.15, 0.2) is 5.82 Å². The molecule has 8 heteroatoms. The van der Waals surface area contributed by atoms with Gasteiger partial charge >= 0.3 is 0 Å². The molecule has 0 saturated carbocycles. The number of primary amides is 1. The second-order valence-corrected chi connectivity index (χ2v) is 7.63. The number of nitrogens with one attached hydrogen (secondary N) is 1. The molecular weight excluding hydrogens is 348 g/mol. The fourth-order valence-corrected chi connectivity index (χ4v) is 4.24. The number of thiophene rings is 1. The van der Waals surface area contributed by atoms with Crippen LogP contribution >= 0.6 is 11.3 Å². The molecule has 26 heavy (non-hydrogen) atoms. The largest absolute Gasteiger partial charge is 0.368 e. The predicted molar refractivity (Wildman–Crippen MR) is 103 cm³/mol. The van der Waals surface area contributed by atoms with Crippen molar-refractivity contribution in [3.05, 3.63) is 35.0 Å². The van der Waals surface area contributed by atoms with Gasteiger partial charge in [0, 0.05) is 42.5 Å². The van der Waals surface area contributed by atoms with Gasteiger partial charge in [-0.05, 0) is 31.5 Å². The van der Waals surface area contributed by atoms with E-state index in [2.05, 4.69) is 29.0 Å². The van der Waals surface area contributed by atoms with Crippen molar-refractivity contribution in [2.45, 2.75) is 19.9 Å². The average molecular weight is 368 g/mol. The molecule has 0 aromatic carbocycles. The number of nitrogens with two attached hydrogens (primary N) is 1. The number of carbonyl (C=O) groups excluding carboxylic acids is 1. The van der Waals surface area contributed by atoms with Crippen LogP contribution in [0.3, 0.4) is 0 Å². The summed E-state index contributed by atoms with van der Waals surface area (Å²) < 4.78 is 0. The van der Waals surface area contributed by atoms with Crippen molar-refractivity contribution in [1.29, 1.82) is 0 Å². The molecule has 0 aliphatic carbocycles. The minimum absolute atomic E-state index is 0.342. The fraction of sp³-hybridized carbons (Fsp3) is 0.333. The summed E-state index contributed by atoms with van der Waals surface area (Å²) in [4.78, 5) is 29.8. The first kappa shape index (κ1) is 16.9. The van der Waals surface area contributed by atoms with E-state index in [1.165, 1.54) is 10.4 Å². The van der Waals surface area contributed by atoms with Crippen molar-refractivity contribution in [1.82, 2.24) is 20.3 Å². The van der Waals surface area contributed by atoms with Crippen molar-refractivity contribution in [3.8, 4) is 11.4 Å². The Morgan fingerprint density at radius 2 is 2.23 bits per heavy atom. The first-order valence-corrected chi connectivity index (χ1v) is 9.32. The third kappa shape index (κ3) is 2.91. The van der Waals surface area contributed by atoms with Crippen LogP contribution in [0.5, 0.6) is 0 Å². The summed E-state index contributed by atoms with van der Waals surface area (Å²) in [7, 11) is 0. The molecule has 3 aromatic heterocycles. The first-order chi connectivity index (χ1) is 12.5. The third-order valence-corrected chi connectivity index (χ3v) is 5.85. The lowest BCUT2D eigenvalue weighted by atomic mass is 10.1. The van der Waals surface area contributed by atoms with Crippen molar-refractivity contribution in [2.24, 2.45) is 5.73 Å². The van der Waals surface area contributed by atoms with Gasteiger partial charge in [0.2, 0.25) is 5.91 Å². The van der Waals surface area contributed by atoms with E-state index in [0.717, 1.165) is 28.1 Å². The smallest absolute Gasteiger partial charge is 0.236 e. The average Bonchev–Trinajstić information content (AvgIpc) is 2.96. The molecular formula is C18H20N6OS. The minimum atomic E-state index is -0.379. The topological polar surface area (TPSA) is 97.0 Å². The van der Waals surface area contributed by atoms with Gasteiger partial charge < -0.3 is 16.0 Å². The molecule has 1 atom stereocenters. The summed E-state index contributed by atoms with van der Waals surface area (Å²) in [5, 5.41) is 4.23. The summed E-state index contributed by atoms with van der Waals surface area (Å²) in [6.07, 6.45) is 3.50. The Hall–Kier alpha value is -2.58. The lowest BCUT2D eigenvalue weighted by molar-refractivity contribution is -0.120. The van der Waals surface area contributed by atoms with Crippen LogP contribution in [-0.4, -0.2) is 46.5 Å². The lowest BCUT2D eigenvalue weighted by Gasteiger charge is -2.33. The van der Waals surface area contributed by atoms with Crippen LogP contribution in [0.4, 0.5) is 5.82 Å². The molecule has 3 N–H and O–H groups in total. The molecule has 134 valence electrons. The number of aromatic nitrogens is 3. The Morgan fingerprint density at radius 1 is 1.38 bits per heavy atom. The molecule has 4 rings (SSSR count). The highest BCUT2D eigenvalue weighted by atomic mass is 32.1. The third-order valence-electron chi connectivity index (χ3n) is 4.75. The summed E-state index contributed by atoms with van der Waals surface area (Å²) in [6, 6.07) is 3.45. The van der Waals surface area contributed by atoms with E-state index in [4.69, 9.17) is 15.7 Å². The Balaban J connectivity index is 1.87. The highest BCUT2D eigenvalue weighted by Crippen LogP contribution is 2.36. The standard InChI is InChI=1S/C18H20N6OS/c1-10-11(2)26-18-14(10)17(24-7-6-21-13(9-24)15(19)25)22-16(23-18)12-4-3-5-20-8-12/h3-5,8,13,21H,6-7,9H2,1-2H3,(H2,19,25)/t13-/m0/s1. The number of hydrogen-bond donors (Lipinski definition) is 2. The van der Waals surface area contributed by atoms with E-state index < -0.39 is 0 Å². The van der Waals surface area contributed by atoms with E-state index >= 15 is 0 Å². The van der Waals surface area contributed by atoms with Crippen LogP contribution in [0, 0.1) is 13.8 Å². The van der Waals surface area contributed by atoms with E-state index in [9.17, 15) is 4.79 Å². The molecule has 3 aromatic rings. The summed E-state index contributed by atoms with van der Waals surface area (Å²) >= 11 is 1.67. The lowest BCUT2D eigenvalue weighted by Crippen LogP contribution is -2.56. The number of piperazine rings is 1. The van der Waals surface area contributed by atoms with E-state index in [1.807, 2.05) is 12.1 Å². The predicted octanol–water partition coefficient (Wildman–Crippen LogP) is 1.63. The van der Waals surface area contributed by atoms with Crippen molar-refractivity contribution in [3.63, 3.8) is 0 Å². The van der Waals surface area contributed by atoms with Crippen molar-refractivity contribution < 1.29 is 4.79 Å². The maximum atomic E-state index is 11.6. The van der Waals surface area contributed by atoms with Gasteiger partial charge in [0.1, 0.15) is 16.7 Å². The molecule has 1 saturated heterocycles. The van der Waals surface area contributed by atoms with Gasteiger partial charge in [-0.3, -0.25) is 9.78 Å². The molecule has 0 unspecified atom stereocenters. The zero-order valence-corrected chi connectivity index (χ0v) is 15.5. The number of amides is 1. The number of hydrogen-bond acceptors (Lipinski definition) is 7. The first-order valence-electron chi connectivity index (χ1n) is 8.50. The second kappa shape index (κ2) is 6.62. The Kier molecular flexibility index (Phi) is 4.29. The number of aryl methyl sites for hydroxylation is 2. The highest BCUT2D eigenvalue weighted by molar-refractivity contribution is 7.18. The molecule has 0 bridgehead atoms. The Labute approximate surface area is 155 Å². The highest BCUT2D eigenvalue weighted by Gasteiger charge is 2.27. The zero-order valence-electron chi connectivity index (χ0n) is 14.7. The van der Waals surface area contributed by atoms with Crippen molar-refractivity contribution >= 4 is 33.3 Å². The number of nitrogens with zero attached hydrogens (tertiary/aromatic N) is 4. The molecule has 0 radical (unpaired) electrons. The maximum absolute atomic E-state index is 11.6. The van der Waals surface area contributed by atoms with Crippen LogP contribution in [0.1, 0.15) is 10.4 Å². The number of rotatable bonds is 3. The van der Waals surface area contributed by atoms with Crippen molar-refractivity contribution in [2.75, 3.05) is 24.5 Å². The number of pyridine rings is 1. The van der Waals surface area contributed by atoms with Gasteiger partial charge in [-0.2, -0.15) is 0 Å². The van der Waals surface area contributed by atoms with Gasteiger partial charge in [-0.15, -0.1) is 11.3 Å². The molecule has 1 fully saturated rings. The molecule has 4 heterocycles. The van der Waals surface area contributed by atoms with Gasteiger partial charge in [-0.25, -0.2) is 9.97 Å². The molecule has 1 aliphatic heterocycles. The zero-order chi connectivity index (χ0) is 18.3.